The van der Waals surface area contributed by atoms with Gasteiger partial charge in [0.05, 0.1) is 12.2 Å². The Bertz CT molecular complexity index is 713. The summed E-state index contributed by atoms with van der Waals surface area (Å²) in [4.78, 5) is 11.7. The van der Waals surface area contributed by atoms with Gasteiger partial charge >= 0.3 is 5.97 Å². The lowest BCUT2D eigenvalue weighted by Crippen LogP contribution is -2.45. The lowest BCUT2D eigenvalue weighted by molar-refractivity contribution is -0.144. The molecule has 198 valence electrons. The summed E-state index contributed by atoms with van der Waals surface area (Å²) in [7, 11) is -3.93. The van der Waals surface area contributed by atoms with Gasteiger partial charge in [-0.25, -0.2) is 0 Å². The molecule has 0 radical (unpaired) electrons. The second-order valence-corrected chi connectivity index (χ2v) is 22.7. The molecule has 0 heterocycles. The summed E-state index contributed by atoms with van der Waals surface area (Å²) < 4.78 is 19.4. The molecule has 4 atom stereocenters. The third-order valence-electron chi connectivity index (χ3n) is 8.13. The molecule has 0 saturated heterocycles. The highest BCUT2D eigenvalue weighted by Gasteiger charge is 2.48. The van der Waals surface area contributed by atoms with Crippen molar-refractivity contribution in [3.63, 3.8) is 0 Å². The fourth-order valence-corrected chi connectivity index (χ4v) is 6.46. The van der Waals surface area contributed by atoms with Crippen molar-refractivity contribution in [1.29, 1.82) is 0 Å². The molecule has 1 aliphatic rings. The number of esters is 1. The van der Waals surface area contributed by atoms with Crippen LogP contribution in [0.5, 0.6) is 0 Å². The fraction of sp³-hybridized carbons (Fsp3) is 0.821. The molecule has 34 heavy (non-hydrogen) atoms. The van der Waals surface area contributed by atoms with Gasteiger partial charge in [0, 0.05) is 19.3 Å². The van der Waals surface area contributed by atoms with Crippen molar-refractivity contribution >= 4 is 22.6 Å². The predicted octanol–water partition coefficient (Wildman–Crippen LogP) is 8.41. The second kappa shape index (κ2) is 12.0. The third kappa shape index (κ3) is 8.75. The molecule has 0 unspecified atom stereocenters. The van der Waals surface area contributed by atoms with Crippen LogP contribution in [-0.4, -0.2) is 40.9 Å². The number of carbonyl (C=O) groups excluding carboxylic acids is 1. The Morgan fingerprint density at radius 2 is 1.56 bits per heavy atom. The molecule has 0 aromatic carbocycles. The smallest absolute Gasteiger partial charge is 0.303 e. The van der Waals surface area contributed by atoms with E-state index < -0.39 is 16.6 Å². The molecule has 4 nitrogen and oxygen atoms in total. The molecule has 0 bridgehead atoms. The fourth-order valence-electron chi connectivity index (χ4n) is 3.79. The van der Waals surface area contributed by atoms with Gasteiger partial charge in [0.1, 0.15) is 6.10 Å². The van der Waals surface area contributed by atoms with Crippen LogP contribution in [0.25, 0.3) is 0 Å². The van der Waals surface area contributed by atoms with Crippen molar-refractivity contribution in [3.8, 4) is 0 Å². The van der Waals surface area contributed by atoms with Crippen LogP contribution >= 0.6 is 0 Å². The lowest BCUT2D eigenvalue weighted by Gasteiger charge is -2.40. The zero-order valence-corrected chi connectivity index (χ0v) is 26.3. The van der Waals surface area contributed by atoms with E-state index in [1.807, 2.05) is 0 Å². The van der Waals surface area contributed by atoms with Gasteiger partial charge in [-0.05, 0) is 60.8 Å². The Labute approximate surface area is 213 Å². The molecular weight excluding hydrogens is 456 g/mol. The summed E-state index contributed by atoms with van der Waals surface area (Å²) in [6, 6.07) is 0. The highest BCUT2D eigenvalue weighted by atomic mass is 28.4. The number of hydrogen-bond donors (Lipinski definition) is 0. The monoisotopic (exact) mass is 510 g/mol. The second-order valence-electron chi connectivity index (χ2n) is 13.1. The quantitative estimate of drug-likeness (QED) is 0.121. The van der Waals surface area contributed by atoms with Crippen molar-refractivity contribution in [2.75, 3.05) is 0 Å². The summed E-state index contributed by atoms with van der Waals surface area (Å²) in [5.41, 5.74) is 1.10. The molecule has 0 spiro atoms. The summed E-state index contributed by atoms with van der Waals surface area (Å²) in [6.45, 7) is 31.1. The Balaban J connectivity index is 3.22. The zero-order valence-electron chi connectivity index (χ0n) is 24.3. The molecule has 1 fully saturated rings. The van der Waals surface area contributed by atoms with Gasteiger partial charge in [-0.2, -0.15) is 0 Å². The van der Waals surface area contributed by atoms with Crippen LogP contribution in [0.3, 0.4) is 0 Å². The average Bonchev–Trinajstić information content (AvgIpc) is 2.91. The van der Waals surface area contributed by atoms with E-state index in [9.17, 15) is 4.79 Å². The Morgan fingerprint density at radius 1 is 1.03 bits per heavy atom. The van der Waals surface area contributed by atoms with Crippen LogP contribution in [0, 0.1) is 5.92 Å². The Morgan fingerprint density at radius 3 is 2.03 bits per heavy atom. The van der Waals surface area contributed by atoms with Crippen LogP contribution in [0.15, 0.2) is 24.3 Å². The topological polar surface area (TPSA) is 44.8 Å². The van der Waals surface area contributed by atoms with E-state index in [4.69, 9.17) is 13.6 Å². The largest absolute Gasteiger partial charge is 0.458 e. The lowest BCUT2D eigenvalue weighted by atomic mass is 9.99. The first kappa shape index (κ1) is 31.3. The van der Waals surface area contributed by atoms with E-state index in [2.05, 4.69) is 93.4 Å². The van der Waals surface area contributed by atoms with Crippen LogP contribution in [0.2, 0.25) is 36.3 Å². The summed E-state index contributed by atoms with van der Waals surface area (Å²) >= 11 is 0. The summed E-state index contributed by atoms with van der Waals surface area (Å²) in [6.07, 6.45) is 9.11. The van der Waals surface area contributed by atoms with Crippen molar-refractivity contribution in [2.24, 2.45) is 5.92 Å². The number of unbranched alkanes of at least 4 members (excludes halogenated alkanes) is 2. The zero-order chi connectivity index (χ0) is 26.5. The third-order valence-corrected chi connectivity index (χ3v) is 17.1. The number of ether oxygens (including phenoxy) is 1. The van der Waals surface area contributed by atoms with Crippen LogP contribution in [0.4, 0.5) is 0 Å². The molecule has 0 aromatic rings. The van der Waals surface area contributed by atoms with Crippen LogP contribution < -0.4 is 0 Å². The van der Waals surface area contributed by atoms with E-state index in [1.165, 1.54) is 6.92 Å². The number of hydrogen-bond acceptors (Lipinski definition) is 4. The van der Waals surface area contributed by atoms with Crippen molar-refractivity contribution < 1.29 is 18.4 Å². The minimum atomic E-state index is -1.98. The first-order chi connectivity index (χ1) is 15.3. The van der Waals surface area contributed by atoms with Crippen LogP contribution in [-0.2, 0) is 18.4 Å². The van der Waals surface area contributed by atoms with Gasteiger partial charge in [0.25, 0.3) is 0 Å². The van der Waals surface area contributed by atoms with Crippen LogP contribution in [0.1, 0.15) is 87.5 Å². The molecule has 0 N–H and O–H groups in total. The van der Waals surface area contributed by atoms with Gasteiger partial charge < -0.3 is 13.6 Å². The molecule has 1 saturated carbocycles. The highest BCUT2D eigenvalue weighted by molar-refractivity contribution is 6.74. The molecule has 1 rings (SSSR count). The normalized spacial score (nSPS) is 23.5. The molecule has 6 heteroatoms. The first-order valence-electron chi connectivity index (χ1n) is 13.2. The van der Waals surface area contributed by atoms with Crippen molar-refractivity contribution in [3.05, 3.63) is 24.3 Å². The average molecular weight is 511 g/mol. The maximum absolute atomic E-state index is 11.7. The molecule has 0 aliphatic heterocycles. The number of carbonyl (C=O) groups is 1. The Kier molecular flexibility index (Phi) is 11.1. The van der Waals surface area contributed by atoms with E-state index in [0.29, 0.717) is 0 Å². The van der Waals surface area contributed by atoms with Gasteiger partial charge in [0.2, 0.25) is 0 Å². The van der Waals surface area contributed by atoms with Gasteiger partial charge in [0.15, 0.2) is 16.6 Å². The molecular formula is C28H54O4Si2. The number of rotatable bonds is 11. The Hall–Kier alpha value is -0.696. The minimum Gasteiger partial charge on any atom is -0.458 e. The van der Waals surface area contributed by atoms with Gasteiger partial charge in [-0.3, -0.25) is 4.79 Å². The SMILES string of the molecule is C=C1[C@@H](O[Si](C)(C)C(C)(C)C)C[C@@H](O[Si](C)(C)C(C)(C)C)[C@@H]1/C=C/[C@H](CCCCC)OC(C)=O. The summed E-state index contributed by atoms with van der Waals surface area (Å²) in [5.74, 6) is -0.169. The molecule has 0 aromatic heterocycles. The van der Waals surface area contributed by atoms with E-state index in [-0.39, 0.29) is 40.3 Å². The van der Waals surface area contributed by atoms with Crippen molar-refractivity contribution in [1.82, 2.24) is 0 Å². The van der Waals surface area contributed by atoms with E-state index in [1.54, 1.807) is 0 Å². The van der Waals surface area contributed by atoms with Crippen molar-refractivity contribution in [2.45, 2.75) is 142 Å². The maximum atomic E-state index is 11.7. The highest BCUT2D eigenvalue weighted by Crippen LogP contribution is 2.46. The molecule has 1 aliphatic carbocycles. The summed E-state index contributed by atoms with van der Waals surface area (Å²) in [5, 5.41) is 0.262. The molecule has 0 amide bonds. The standard InChI is InChI=1S/C28H54O4Si2/c1-14-15-16-17-23(30-22(3)29)18-19-24-21(2)25(31-33(10,11)27(4,5)6)20-26(24)32-34(12,13)28(7,8)9/h18-19,23-26H,2,14-17,20H2,1,3-13H3/b19-18+/t23-,24+,25-,26+/m0/s1. The van der Waals surface area contributed by atoms with E-state index >= 15 is 0 Å². The van der Waals surface area contributed by atoms with E-state index in [0.717, 1.165) is 37.7 Å². The predicted molar refractivity (Wildman–Crippen MR) is 150 cm³/mol. The van der Waals surface area contributed by atoms with Gasteiger partial charge in [-0.1, -0.05) is 74.0 Å². The van der Waals surface area contributed by atoms with Gasteiger partial charge in [-0.15, -0.1) is 0 Å². The minimum absolute atomic E-state index is 0.00224. The first-order valence-corrected chi connectivity index (χ1v) is 19.0. The maximum Gasteiger partial charge on any atom is 0.303 e.